The molecule has 0 aromatic heterocycles. The first-order chi connectivity index (χ1) is 9.61. The van der Waals surface area contributed by atoms with Gasteiger partial charge in [0.15, 0.2) is 0 Å². The van der Waals surface area contributed by atoms with Crippen LogP contribution in [0.3, 0.4) is 0 Å². The first-order valence-corrected chi connectivity index (χ1v) is 8.31. The lowest BCUT2D eigenvalue weighted by Crippen LogP contribution is -2.35. The molecule has 1 rings (SSSR count). The predicted molar refractivity (Wildman–Crippen MR) is 84.5 cm³/mol. The summed E-state index contributed by atoms with van der Waals surface area (Å²) in [5, 5.41) is 3.03. The van der Waals surface area contributed by atoms with E-state index >= 15 is 0 Å². The quantitative estimate of drug-likeness (QED) is 0.636. The predicted octanol–water partition coefficient (Wildman–Crippen LogP) is 1.99. The van der Waals surface area contributed by atoms with Crippen LogP contribution < -0.4 is 11.1 Å². The van der Waals surface area contributed by atoms with E-state index in [-0.39, 0.29) is 5.91 Å². The van der Waals surface area contributed by atoms with Gasteiger partial charge in [0.05, 0.1) is 0 Å². The summed E-state index contributed by atoms with van der Waals surface area (Å²) in [7, 11) is 0. The summed E-state index contributed by atoms with van der Waals surface area (Å²) in [4.78, 5) is 14.2. The lowest BCUT2D eigenvalue weighted by atomic mass is 9.99. The maximum absolute atomic E-state index is 11.7. The van der Waals surface area contributed by atoms with Gasteiger partial charge in [-0.1, -0.05) is 13.8 Å². The van der Waals surface area contributed by atoms with Crippen molar-refractivity contribution >= 4 is 5.91 Å². The Balaban J connectivity index is 1.96. The van der Waals surface area contributed by atoms with E-state index in [1.165, 1.54) is 25.9 Å². The third-order valence-corrected chi connectivity index (χ3v) is 4.37. The number of piperidine rings is 1. The fraction of sp³-hybridized carbons (Fsp3) is 0.938. The van der Waals surface area contributed by atoms with Gasteiger partial charge in [-0.25, -0.2) is 0 Å². The Morgan fingerprint density at radius 3 is 2.70 bits per heavy atom. The minimum Gasteiger partial charge on any atom is -0.356 e. The van der Waals surface area contributed by atoms with Gasteiger partial charge < -0.3 is 16.0 Å². The first-order valence-electron chi connectivity index (χ1n) is 8.31. The molecule has 0 spiro atoms. The average molecular weight is 283 g/mol. The fourth-order valence-corrected chi connectivity index (χ4v) is 2.71. The monoisotopic (exact) mass is 283 g/mol. The molecular formula is C16H33N3O. The number of nitrogens with two attached hydrogens (primary N) is 1. The number of nitrogens with one attached hydrogen (secondary N) is 1. The van der Waals surface area contributed by atoms with Gasteiger partial charge in [0.2, 0.25) is 5.91 Å². The Morgan fingerprint density at radius 2 is 2.05 bits per heavy atom. The molecule has 1 amide bonds. The fourth-order valence-electron chi connectivity index (χ4n) is 2.71. The van der Waals surface area contributed by atoms with Crippen LogP contribution in [0.2, 0.25) is 0 Å². The van der Waals surface area contributed by atoms with Crippen molar-refractivity contribution in [3.05, 3.63) is 0 Å². The number of amides is 1. The maximum atomic E-state index is 11.7. The summed E-state index contributed by atoms with van der Waals surface area (Å²) in [6.07, 6.45) is 6.32. The summed E-state index contributed by atoms with van der Waals surface area (Å²) in [6, 6.07) is 0. The molecule has 0 aromatic carbocycles. The van der Waals surface area contributed by atoms with Crippen LogP contribution in [0.1, 0.15) is 52.4 Å². The molecule has 1 aliphatic heterocycles. The van der Waals surface area contributed by atoms with Gasteiger partial charge in [0, 0.05) is 13.0 Å². The van der Waals surface area contributed by atoms with E-state index in [4.69, 9.17) is 5.73 Å². The number of hydrogen-bond acceptors (Lipinski definition) is 3. The van der Waals surface area contributed by atoms with E-state index in [0.717, 1.165) is 44.8 Å². The lowest BCUT2D eigenvalue weighted by Gasteiger charge is -2.30. The molecule has 1 aliphatic rings. The van der Waals surface area contributed by atoms with E-state index in [0.29, 0.717) is 12.3 Å². The largest absolute Gasteiger partial charge is 0.356 e. The molecule has 1 saturated heterocycles. The highest BCUT2D eigenvalue weighted by Gasteiger charge is 2.14. The minimum absolute atomic E-state index is 0.195. The normalized spacial score (nSPS) is 18.9. The highest BCUT2D eigenvalue weighted by molar-refractivity contribution is 5.75. The van der Waals surface area contributed by atoms with E-state index < -0.39 is 0 Å². The summed E-state index contributed by atoms with van der Waals surface area (Å²) in [5.41, 5.74) is 5.51. The van der Waals surface area contributed by atoms with Crippen molar-refractivity contribution in [2.45, 2.75) is 52.4 Å². The van der Waals surface area contributed by atoms with Crippen LogP contribution in [0.4, 0.5) is 0 Å². The lowest BCUT2D eigenvalue weighted by molar-refractivity contribution is -0.121. The highest BCUT2D eigenvalue weighted by atomic mass is 16.1. The number of rotatable bonds is 9. The molecule has 1 heterocycles. The molecule has 0 aliphatic carbocycles. The van der Waals surface area contributed by atoms with Crippen molar-refractivity contribution in [1.29, 1.82) is 0 Å². The number of carbonyl (C=O) groups is 1. The molecule has 0 bridgehead atoms. The first kappa shape index (κ1) is 17.4. The standard InChI is InChI=1S/C16H33N3O/c1-14(6-9-17)4-5-16(20)18-10-3-11-19-12-7-15(2)8-13-19/h14-15H,3-13,17H2,1-2H3,(H,18,20). The van der Waals surface area contributed by atoms with Crippen LogP contribution in [0.25, 0.3) is 0 Å². The van der Waals surface area contributed by atoms with Crippen molar-refractivity contribution < 1.29 is 4.79 Å². The van der Waals surface area contributed by atoms with Crippen LogP contribution in [0, 0.1) is 11.8 Å². The maximum Gasteiger partial charge on any atom is 0.220 e. The zero-order valence-corrected chi connectivity index (χ0v) is 13.4. The molecular weight excluding hydrogens is 250 g/mol. The van der Waals surface area contributed by atoms with Gasteiger partial charge in [-0.2, -0.15) is 0 Å². The zero-order chi connectivity index (χ0) is 14.8. The molecule has 0 aromatic rings. The second-order valence-electron chi connectivity index (χ2n) is 6.45. The van der Waals surface area contributed by atoms with Gasteiger partial charge in [0.25, 0.3) is 0 Å². The Bertz CT molecular complexity index is 262. The number of nitrogens with zero attached hydrogens (tertiary/aromatic N) is 1. The Labute approximate surface area is 124 Å². The van der Waals surface area contributed by atoms with E-state index in [2.05, 4.69) is 24.1 Å². The number of likely N-dealkylation sites (tertiary alicyclic amines) is 1. The third-order valence-electron chi connectivity index (χ3n) is 4.37. The SMILES string of the molecule is CC(CCN)CCC(=O)NCCCN1CCC(C)CC1. The molecule has 4 heteroatoms. The molecule has 20 heavy (non-hydrogen) atoms. The summed E-state index contributed by atoms with van der Waals surface area (Å²) < 4.78 is 0. The molecule has 1 fully saturated rings. The molecule has 0 saturated carbocycles. The topological polar surface area (TPSA) is 58.4 Å². The van der Waals surface area contributed by atoms with Gasteiger partial charge in [0.1, 0.15) is 0 Å². The average Bonchev–Trinajstić information content (AvgIpc) is 2.43. The van der Waals surface area contributed by atoms with Gasteiger partial charge in [-0.05, 0) is 70.1 Å². The van der Waals surface area contributed by atoms with Crippen LogP contribution >= 0.6 is 0 Å². The van der Waals surface area contributed by atoms with E-state index in [1.807, 2.05) is 0 Å². The second kappa shape index (κ2) is 10.2. The molecule has 1 atom stereocenters. The smallest absolute Gasteiger partial charge is 0.220 e. The Hall–Kier alpha value is -0.610. The van der Waals surface area contributed by atoms with Crippen molar-refractivity contribution in [3.63, 3.8) is 0 Å². The third kappa shape index (κ3) is 7.85. The number of hydrogen-bond donors (Lipinski definition) is 2. The number of carbonyl (C=O) groups excluding carboxylic acids is 1. The Morgan fingerprint density at radius 1 is 1.35 bits per heavy atom. The van der Waals surface area contributed by atoms with Crippen LogP contribution in [-0.4, -0.2) is 43.5 Å². The van der Waals surface area contributed by atoms with Crippen molar-refractivity contribution in [1.82, 2.24) is 10.2 Å². The van der Waals surface area contributed by atoms with Gasteiger partial charge in [-0.3, -0.25) is 4.79 Å². The van der Waals surface area contributed by atoms with E-state index in [1.54, 1.807) is 0 Å². The summed E-state index contributed by atoms with van der Waals surface area (Å²) in [6.45, 7) is 9.61. The van der Waals surface area contributed by atoms with Crippen molar-refractivity contribution in [3.8, 4) is 0 Å². The second-order valence-corrected chi connectivity index (χ2v) is 6.45. The Kier molecular flexibility index (Phi) is 8.86. The summed E-state index contributed by atoms with van der Waals surface area (Å²) >= 11 is 0. The summed E-state index contributed by atoms with van der Waals surface area (Å²) in [5.74, 6) is 1.64. The van der Waals surface area contributed by atoms with Gasteiger partial charge in [-0.15, -0.1) is 0 Å². The molecule has 4 nitrogen and oxygen atoms in total. The highest BCUT2D eigenvalue weighted by Crippen LogP contribution is 2.15. The molecule has 1 unspecified atom stereocenters. The van der Waals surface area contributed by atoms with Crippen LogP contribution in [-0.2, 0) is 4.79 Å². The van der Waals surface area contributed by atoms with Crippen LogP contribution in [0.15, 0.2) is 0 Å². The van der Waals surface area contributed by atoms with Gasteiger partial charge >= 0.3 is 0 Å². The van der Waals surface area contributed by atoms with Crippen LogP contribution in [0.5, 0.6) is 0 Å². The minimum atomic E-state index is 0.195. The van der Waals surface area contributed by atoms with Crippen molar-refractivity contribution in [2.75, 3.05) is 32.7 Å². The van der Waals surface area contributed by atoms with E-state index in [9.17, 15) is 4.79 Å². The molecule has 118 valence electrons. The molecule has 0 radical (unpaired) electrons. The molecule has 3 N–H and O–H groups in total. The van der Waals surface area contributed by atoms with Crippen molar-refractivity contribution in [2.24, 2.45) is 17.6 Å². The zero-order valence-electron chi connectivity index (χ0n) is 13.4.